The molecule has 126 valence electrons. The zero-order valence-electron chi connectivity index (χ0n) is 13.6. The molecular formula is C19H18N4O2. The van der Waals surface area contributed by atoms with Gasteiger partial charge in [0.05, 0.1) is 17.4 Å². The van der Waals surface area contributed by atoms with E-state index in [9.17, 15) is 9.59 Å². The Balaban J connectivity index is 1.50. The molecule has 6 heteroatoms. The van der Waals surface area contributed by atoms with E-state index in [4.69, 9.17) is 0 Å². The average molecular weight is 334 g/mol. The van der Waals surface area contributed by atoms with Crippen LogP contribution in [0, 0.1) is 5.92 Å². The number of rotatable bonds is 3. The molecule has 25 heavy (non-hydrogen) atoms. The highest BCUT2D eigenvalue weighted by atomic mass is 16.2. The number of hydrogen-bond donors (Lipinski definition) is 2. The number of fused-ring (bicyclic) bond motifs is 1. The van der Waals surface area contributed by atoms with Crippen molar-refractivity contribution < 1.29 is 9.59 Å². The molecule has 1 aliphatic rings. The van der Waals surface area contributed by atoms with Crippen LogP contribution >= 0.6 is 0 Å². The summed E-state index contributed by atoms with van der Waals surface area (Å²) in [5, 5.41) is 11.1. The predicted molar refractivity (Wildman–Crippen MR) is 95.4 cm³/mol. The molecule has 1 atom stereocenters. The van der Waals surface area contributed by atoms with Crippen molar-refractivity contribution in [1.29, 1.82) is 0 Å². The Bertz CT molecular complexity index is 930. The maximum atomic E-state index is 12.3. The van der Waals surface area contributed by atoms with E-state index in [0.717, 1.165) is 22.3 Å². The van der Waals surface area contributed by atoms with E-state index >= 15 is 0 Å². The van der Waals surface area contributed by atoms with Crippen LogP contribution < -0.4 is 10.6 Å². The molecule has 2 N–H and O–H groups in total. The van der Waals surface area contributed by atoms with Crippen LogP contribution in [0.3, 0.4) is 0 Å². The number of hydrogen-bond acceptors (Lipinski definition) is 3. The fourth-order valence-corrected chi connectivity index (χ4v) is 3.12. The fourth-order valence-electron chi connectivity index (χ4n) is 3.12. The summed E-state index contributed by atoms with van der Waals surface area (Å²) in [6.07, 6.45) is 2.76. The van der Waals surface area contributed by atoms with Gasteiger partial charge in [0.1, 0.15) is 0 Å². The van der Waals surface area contributed by atoms with Crippen LogP contribution in [0.1, 0.15) is 12.8 Å². The molecule has 0 spiro atoms. The molecular weight excluding hydrogens is 316 g/mol. The average Bonchev–Trinajstić information content (AvgIpc) is 3.06. The van der Waals surface area contributed by atoms with Crippen molar-refractivity contribution in [3.05, 3.63) is 54.7 Å². The number of aromatic nitrogens is 2. The maximum Gasteiger partial charge on any atom is 0.228 e. The van der Waals surface area contributed by atoms with Crippen molar-refractivity contribution in [3.8, 4) is 5.69 Å². The first-order chi connectivity index (χ1) is 12.2. The van der Waals surface area contributed by atoms with Crippen LogP contribution in [-0.2, 0) is 9.59 Å². The Kier molecular flexibility index (Phi) is 3.93. The first-order valence-electron chi connectivity index (χ1n) is 8.31. The van der Waals surface area contributed by atoms with Crippen molar-refractivity contribution in [2.75, 3.05) is 11.9 Å². The summed E-state index contributed by atoms with van der Waals surface area (Å²) < 4.78 is 1.87. The van der Waals surface area contributed by atoms with Crippen LogP contribution in [0.2, 0.25) is 0 Å². The SMILES string of the molecule is O=C1C[C@@H](C(=O)Nc2ccc(-n3ncc4ccccc43)cc2)CCN1. The zero-order valence-corrected chi connectivity index (χ0v) is 13.6. The molecule has 2 aromatic carbocycles. The topological polar surface area (TPSA) is 76.0 Å². The predicted octanol–water partition coefficient (Wildman–Crippen LogP) is 2.49. The van der Waals surface area contributed by atoms with Crippen molar-refractivity contribution in [2.24, 2.45) is 5.92 Å². The van der Waals surface area contributed by atoms with E-state index in [0.29, 0.717) is 13.0 Å². The largest absolute Gasteiger partial charge is 0.356 e. The van der Waals surface area contributed by atoms with E-state index in [1.165, 1.54) is 0 Å². The van der Waals surface area contributed by atoms with E-state index in [1.54, 1.807) is 0 Å². The second-order valence-electron chi connectivity index (χ2n) is 6.19. The summed E-state index contributed by atoms with van der Waals surface area (Å²) in [5.74, 6) is -0.428. The Morgan fingerprint density at radius 3 is 2.76 bits per heavy atom. The zero-order chi connectivity index (χ0) is 17.2. The molecule has 2 amide bonds. The minimum atomic E-state index is -0.261. The first-order valence-corrected chi connectivity index (χ1v) is 8.31. The number of nitrogens with zero attached hydrogens (tertiary/aromatic N) is 2. The monoisotopic (exact) mass is 334 g/mol. The van der Waals surface area contributed by atoms with Crippen molar-refractivity contribution in [1.82, 2.24) is 15.1 Å². The second-order valence-corrected chi connectivity index (χ2v) is 6.19. The van der Waals surface area contributed by atoms with Crippen molar-refractivity contribution in [3.63, 3.8) is 0 Å². The van der Waals surface area contributed by atoms with Crippen LogP contribution in [0.25, 0.3) is 16.6 Å². The van der Waals surface area contributed by atoms with Gasteiger partial charge in [0.15, 0.2) is 0 Å². The minimum Gasteiger partial charge on any atom is -0.356 e. The lowest BCUT2D eigenvalue weighted by Crippen LogP contribution is -2.38. The number of nitrogens with one attached hydrogen (secondary N) is 2. The molecule has 1 aliphatic heterocycles. The molecule has 3 aromatic rings. The molecule has 0 aliphatic carbocycles. The van der Waals surface area contributed by atoms with Crippen LogP contribution in [-0.4, -0.2) is 28.1 Å². The first kappa shape index (κ1) is 15.4. The third kappa shape index (κ3) is 3.10. The number of carbonyl (C=O) groups excluding carboxylic acids is 2. The van der Waals surface area contributed by atoms with E-state index in [2.05, 4.69) is 15.7 Å². The van der Waals surface area contributed by atoms with Gasteiger partial charge in [-0.3, -0.25) is 9.59 Å². The summed E-state index contributed by atoms with van der Waals surface area (Å²) in [6, 6.07) is 15.6. The van der Waals surface area contributed by atoms with Gasteiger partial charge in [-0.25, -0.2) is 4.68 Å². The minimum absolute atomic E-state index is 0.0627. The lowest BCUT2D eigenvalue weighted by molar-refractivity contribution is -0.129. The quantitative estimate of drug-likeness (QED) is 0.773. The summed E-state index contributed by atoms with van der Waals surface area (Å²) in [6.45, 7) is 0.558. The lowest BCUT2D eigenvalue weighted by atomic mass is 9.96. The van der Waals surface area contributed by atoms with Gasteiger partial charge < -0.3 is 10.6 Å². The Morgan fingerprint density at radius 1 is 1.16 bits per heavy atom. The summed E-state index contributed by atoms with van der Waals surface area (Å²) >= 11 is 0. The normalized spacial score (nSPS) is 17.3. The second kappa shape index (κ2) is 6.39. The fraction of sp³-hybridized carbons (Fsp3) is 0.211. The Morgan fingerprint density at radius 2 is 1.96 bits per heavy atom. The molecule has 1 fully saturated rings. The smallest absolute Gasteiger partial charge is 0.228 e. The van der Waals surface area contributed by atoms with Gasteiger partial charge in [-0.15, -0.1) is 0 Å². The van der Waals surface area contributed by atoms with Gasteiger partial charge in [-0.05, 0) is 36.8 Å². The standard InChI is InChI=1S/C19H18N4O2/c24-18-11-13(9-10-20-18)19(25)22-15-5-7-16(8-6-15)23-17-4-2-1-3-14(17)12-21-23/h1-8,12-13H,9-11H2,(H,20,24)(H,22,25)/t13-/m0/s1. The number of amides is 2. The highest BCUT2D eigenvalue weighted by Gasteiger charge is 2.25. The van der Waals surface area contributed by atoms with Gasteiger partial charge in [-0.1, -0.05) is 18.2 Å². The van der Waals surface area contributed by atoms with Gasteiger partial charge in [0, 0.05) is 30.0 Å². The van der Waals surface area contributed by atoms with E-state index < -0.39 is 0 Å². The van der Waals surface area contributed by atoms with Crippen LogP contribution in [0.4, 0.5) is 5.69 Å². The lowest BCUT2D eigenvalue weighted by Gasteiger charge is -2.21. The van der Waals surface area contributed by atoms with E-state index in [1.807, 2.05) is 59.4 Å². The van der Waals surface area contributed by atoms with E-state index in [-0.39, 0.29) is 24.2 Å². The molecule has 1 saturated heterocycles. The van der Waals surface area contributed by atoms with Crippen molar-refractivity contribution in [2.45, 2.75) is 12.8 Å². The molecule has 1 aromatic heterocycles. The molecule has 0 bridgehead atoms. The number of carbonyl (C=O) groups is 2. The highest BCUT2D eigenvalue weighted by Crippen LogP contribution is 2.21. The number of piperidine rings is 1. The summed E-state index contributed by atoms with van der Waals surface area (Å²) in [5.41, 5.74) is 2.68. The summed E-state index contributed by atoms with van der Waals surface area (Å²) in [7, 11) is 0. The van der Waals surface area contributed by atoms with Gasteiger partial charge in [0.2, 0.25) is 11.8 Å². The highest BCUT2D eigenvalue weighted by molar-refractivity contribution is 5.95. The van der Waals surface area contributed by atoms with Gasteiger partial charge in [-0.2, -0.15) is 5.10 Å². The number of para-hydroxylation sites is 1. The molecule has 0 saturated carbocycles. The van der Waals surface area contributed by atoms with Crippen LogP contribution in [0.15, 0.2) is 54.7 Å². The third-order valence-electron chi connectivity index (χ3n) is 4.47. The van der Waals surface area contributed by atoms with Crippen molar-refractivity contribution >= 4 is 28.4 Å². The Hall–Kier alpha value is -3.15. The third-order valence-corrected chi connectivity index (χ3v) is 4.47. The molecule has 0 unspecified atom stereocenters. The Labute approximate surface area is 144 Å². The number of anilines is 1. The van der Waals surface area contributed by atoms with Crippen LogP contribution in [0.5, 0.6) is 0 Å². The van der Waals surface area contributed by atoms with Gasteiger partial charge in [0.25, 0.3) is 0 Å². The molecule has 4 rings (SSSR count). The molecule has 2 heterocycles. The van der Waals surface area contributed by atoms with Gasteiger partial charge >= 0.3 is 0 Å². The number of benzene rings is 2. The molecule has 0 radical (unpaired) electrons. The summed E-state index contributed by atoms with van der Waals surface area (Å²) in [4.78, 5) is 23.7. The molecule has 6 nitrogen and oxygen atoms in total. The maximum absolute atomic E-state index is 12.3.